The van der Waals surface area contributed by atoms with Gasteiger partial charge in [-0.05, 0) is 56.9 Å². The first-order valence-electron chi connectivity index (χ1n) is 13.1. The second kappa shape index (κ2) is 10.2. The summed E-state index contributed by atoms with van der Waals surface area (Å²) in [4.78, 5) is 17.1. The van der Waals surface area contributed by atoms with Crippen LogP contribution in [0.3, 0.4) is 0 Å². The van der Waals surface area contributed by atoms with E-state index in [1.807, 2.05) is 19.1 Å². The molecule has 3 N–H and O–H groups in total. The van der Waals surface area contributed by atoms with Crippen molar-refractivity contribution >= 4 is 39.1 Å². The molecule has 36 heavy (non-hydrogen) atoms. The maximum atomic E-state index is 12.4. The molecule has 2 saturated carbocycles. The number of carbonyl (C=O) groups is 1. The van der Waals surface area contributed by atoms with Gasteiger partial charge >= 0.3 is 0 Å². The molecule has 2 aromatic heterocycles. The lowest BCUT2D eigenvalue weighted by Gasteiger charge is -2.29. The van der Waals surface area contributed by atoms with E-state index in [0.717, 1.165) is 68.6 Å². The van der Waals surface area contributed by atoms with Crippen molar-refractivity contribution in [2.75, 3.05) is 22.1 Å². The van der Waals surface area contributed by atoms with E-state index in [1.54, 1.807) is 10.7 Å². The third-order valence-corrected chi connectivity index (χ3v) is 9.13. The van der Waals surface area contributed by atoms with E-state index in [0.29, 0.717) is 40.9 Å². The Balaban J connectivity index is 1.31. The van der Waals surface area contributed by atoms with Gasteiger partial charge in [-0.15, -0.1) is 0 Å². The molecule has 5 rings (SSSR count). The molecule has 9 nitrogen and oxygen atoms in total. The minimum Gasteiger partial charge on any atom is -0.367 e. The maximum absolute atomic E-state index is 12.4. The lowest BCUT2D eigenvalue weighted by atomic mass is 9.87. The Hall–Kier alpha value is -2.88. The lowest BCUT2D eigenvalue weighted by molar-refractivity contribution is -0.115. The van der Waals surface area contributed by atoms with E-state index >= 15 is 0 Å². The first-order valence-corrected chi connectivity index (χ1v) is 14.9. The maximum Gasteiger partial charge on any atom is 0.251 e. The number of amides is 1. The molecule has 1 amide bonds. The second-order valence-electron chi connectivity index (χ2n) is 10.5. The highest BCUT2D eigenvalue weighted by Gasteiger charge is 2.27. The predicted octanol–water partition coefficient (Wildman–Crippen LogP) is 3.91. The third kappa shape index (κ3) is 5.91. The highest BCUT2D eigenvalue weighted by Crippen LogP contribution is 2.31. The molecule has 0 bridgehead atoms. The number of aromatic nitrogens is 3. The summed E-state index contributed by atoms with van der Waals surface area (Å²) in [6.07, 6.45) is 11.7. The van der Waals surface area contributed by atoms with E-state index in [1.165, 1.54) is 0 Å². The molecule has 0 radical (unpaired) electrons. The molecule has 194 valence electrons. The quantitative estimate of drug-likeness (QED) is 0.413. The van der Waals surface area contributed by atoms with Crippen LogP contribution in [0.4, 0.5) is 11.6 Å². The smallest absolute Gasteiger partial charge is 0.251 e. The number of anilines is 2. The van der Waals surface area contributed by atoms with E-state index in [4.69, 9.17) is 4.98 Å². The summed E-state index contributed by atoms with van der Waals surface area (Å²) in [5.41, 5.74) is 2.83. The number of unbranched alkanes of at least 4 members (excludes halogenated alkanes) is 1. The molecule has 2 aliphatic carbocycles. The molecule has 1 saturated heterocycles. The zero-order valence-electron chi connectivity index (χ0n) is 20.9. The van der Waals surface area contributed by atoms with Crippen LogP contribution in [-0.4, -0.2) is 52.5 Å². The zero-order valence-corrected chi connectivity index (χ0v) is 21.7. The lowest BCUT2D eigenvalue weighted by Crippen LogP contribution is -2.30. The van der Waals surface area contributed by atoms with E-state index in [-0.39, 0.29) is 17.9 Å². The van der Waals surface area contributed by atoms with Gasteiger partial charge in [-0.25, -0.2) is 13.4 Å². The van der Waals surface area contributed by atoms with Crippen LogP contribution in [0.25, 0.3) is 11.7 Å². The molecule has 3 heterocycles. The Bertz CT molecular complexity index is 1290. The molecule has 1 aliphatic heterocycles. The normalized spacial score (nSPS) is 23.9. The molecular weight excluding hydrogens is 476 g/mol. The fourth-order valence-electron chi connectivity index (χ4n) is 5.08. The van der Waals surface area contributed by atoms with Crippen molar-refractivity contribution in [1.82, 2.24) is 19.9 Å². The van der Waals surface area contributed by atoms with Gasteiger partial charge in [0.2, 0.25) is 0 Å². The van der Waals surface area contributed by atoms with Gasteiger partial charge in [0.05, 0.1) is 17.7 Å². The fourth-order valence-corrected chi connectivity index (χ4v) is 7.03. The van der Waals surface area contributed by atoms with Gasteiger partial charge < -0.3 is 16.0 Å². The average molecular weight is 513 g/mol. The van der Waals surface area contributed by atoms with E-state index in [9.17, 15) is 13.2 Å². The third-order valence-electron chi connectivity index (χ3n) is 7.24. The van der Waals surface area contributed by atoms with Crippen LogP contribution >= 0.6 is 0 Å². The van der Waals surface area contributed by atoms with Gasteiger partial charge in [0, 0.05) is 41.4 Å². The van der Waals surface area contributed by atoms with Crippen LogP contribution in [0.5, 0.6) is 0 Å². The number of fused-ring (bicyclic) bond motifs is 1. The Morgan fingerprint density at radius 2 is 1.89 bits per heavy atom. The number of rotatable bonds is 10. The largest absolute Gasteiger partial charge is 0.367 e. The summed E-state index contributed by atoms with van der Waals surface area (Å²) >= 11 is 0. The zero-order chi connectivity index (χ0) is 25.3. The van der Waals surface area contributed by atoms with Crippen LogP contribution < -0.4 is 16.0 Å². The molecule has 2 aromatic rings. The van der Waals surface area contributed by atoms with Crippen molar-refractivity contribution in [3.05, 3.63) is 35.7 Å². The Morgan fingerprint density at radius 1 is 1.17 bits per heavy atom. The predicted molar refractivity (Wildman–Crippen MR) is 142 cm³/mol. The van der Waals surface area contributed by atoms with Crippen LogP contribution in [-0.2, 0) is 14.6 Å². The molecule has 0 atom stereocenters. The number of hydrogen-bond donors (Lipinski definition) is 3. The number of allylic oxidation sites excluding steroid dienone is 1. The first kappa shape index (κ1) is 24.8. The standard InChI is InChI=1S/C26H36N6O3S/c1-3-4-11-36(34,35)16-18-5-7-21(8-6-18)29-23-14-24(30-22-9-10-22)32-25(31-23)20(15-27-32)13-19-12-17(2)28-26(19)33/h13-15,18,21-22,30H,2-12,16H2,1H3,(H,28,33)(H,29,31)/b19-13+. The number of nitrogens with zero attached hydrogens (tertiary/aromatic N) is 3. The van der Waals surface area contributed by atoms with E-state index in [2.05, 4.69) is 27.6 Å². The van der Waals surface area contributed by atoms with Crippen molar-refractivity contribution in [1.29, 1.82) is 0 Å². The van der Waals surface area contributed by atoms with Crippen molar-refractivity contribution in [3.63, 3.8) is 0 Å². The van der Waals surface area contributed by atoms with E-state index < -0.39 is 9.84 Å². The topological polar surface area (TPSA) is 117 Å². The first-order chi connectivity index (χ1) is 17.3. The van der Waals surface area contributed by atoms with Gasteiger partial charge in [0.1, 0.15) is 11.6 Å². The minimum absolute atomic E-state index is 0.126. The summed E-state index contributed by atoms with van der Waals surface area (Å²) in [5, 5.41) is 14.4. The highest BCUT2D eigenvalue weighted by molar-refractivity contribution is 7.91. The van der Waals surface area contributed by atoms with Gasteiger partial charge in [0.25, 0.3) is 5.91 Å². The summed E-state index contributed by atoms with van der Waals surface area (Å²) in [5.74, 6) is 2.39. The summed E-state index contributed by atoms with van der Waals surface area (Å²) in [6.45, 7) is 5.88. The Kier molecular flexibility index (Phi) is 7.05. The number of carbonyl (C=O) groups excluding carboxylic acids is 1. The van der Waals surface area contributed by atoms with Gasteiger partial charge in [-0.2, -0.15) is 9.61 Å². The molecule has 0 aromatic carbocycles. The number of sulfone groups is 1. The second-order valence-corrected chi connectivity index (χ2v) is 12.7. The van der Waals surface area contributed by atoms with Crippen molar-refractivity contribution < 1.29 is 13.2 Å². The summed E-state index contributed by atoms with van der Waals surface area (Å²) in [6, 6.07) is 2.70. The molecule has 3 aliphatic rings. The van der Waals surface area contributed by atoms with Crippen LogP contribution in [0.2, 0.25) is 0 Å². The highest BCUT2D eigenvalue weighted by atomic mass is 32.2. The molecule has 3 fully saturated rings. The van der Waals surface area contributed by atoms with Gasteiger partial charge in [-0.3, -0.25) is 4.79 Å². The van der Waals surface area contributed by atoms with Crippen molar-refractivity contribution in [2.45, 2.75) is 76.8 Å². The molecule has 0 unspecified atom stereocenters. The SMILES string of the molecule is C=C1C/C(=C\c2cnn3c(NC4CC4)cc(NC4CCC(CS(=O)(=O)CCCC)CC4)nc23)C(=O)N1. The fraction of sp³-hybridized carbons (Fsp3) is 0.577. The minimum atomic E-state index is -2.96. The number of hydrogen-bond acceptors (Lipinski definition) is 7. The van der Waals surface area contributed by atoms with Crippen LogP contribution in [0.15, 0.2) is 30.1 Å². The molecule has 0 spiro atoms. The number of nitrogens with one attached hydrogen (secondary N) is 3. The average Bonchev–Trinajstić information content (AvgIpc) is 3.47. The van der Waals surface area contributed by atoms with Crippen molar-refractivity contribution in [2.24, 2.45) is 5.92 Å². The van der Waals surface area contributed by atoms with Gasteiger partial charge in [-0.1, -0.05) is 19.9 Å². The summed E-state index contributed by atoms with van der Waals surface area (Å²) < 4.78 is 26.6. The van der Waals surface area contributed by atoms with Crippen LogP contribution in [0, 0.1) is 5.92 Å². The Labute approximate surface area is 212 Å². The van der Waals surface area contributed by atoms with Gasteiger partial charge in [0.15, 0.2) is 15.5 Å². The summed E-state index contributed by atoms with van der Waals surface area (Å²) in [7, 11) is -2.96. The van der Waals surface area contributed by atoms with Crippen LogP contribution in [0.1, 0.15) is 70.3 Å². The molecule has 10 heteroatoms. The van der Waals surface area contributed by atoms with Crippen molar-refractivity contribution in [3.8, 4) is 0 Å². The molecular formula is C26H36N6O3S. The monoisotopic (exact) mass is 512 g/mol. The Morgan fingerprint density at radius 3 is 2.56 bits per heavy atom.